The largest absolute Gasteiger partial charge is 0.303 e. The van der Waals surface area contributed by atoms with Gasteiger partial charge in [-0.1, -0.05) is 36.8 Å². The lowest BCUT2D eigenvalue weighted by Crippen LogP contribution is -2.14. The minimum atomic E-state index is 0.300. The monoisotopic (exact) mass is 188 g/mol. The zero-order valence-corrected chi connectivity index (χ0v) is 8.36. The number of benzene rings is 1. The van der Waals surface area contributed by atoms with Crippen molar-refractivity contribution in [3.05, 3.63) is 35.9 Å². The van der Waals surface area contributed by atoms with Crippen molar-refractivity contribution in [3.63, 3.8) is 0 Å². The van der Waals surface area contributed by atoms with E-state index >= 15 is 0 Å². The molecule has 1 aliphatic rings. The topological polar surface area (TPSA) is 17.1 Å². The molecule has 1 aromatic carbocycles. The molecule has 0 amide bonds. The van der Waals surface area contributed by atoms with Crippen LogP contribution in [0.3, 0.4) is 0 Å². The molecule has 74 valence electrons. The van der Waals surface area contributed by atoms with Crippen LogP contribution in [0.2, 0.25) is 0 Å². The first-order valence-electron chi connectivity index (χ1n) is 5.40. The molecular formula is C13H16O. The molecule has 0 N–H and O–H groups in total. The van der Waals surface area contributed by atoms with Crippen molar-refractivity contribution in [1.29, 1.82) is 0 Å². The van der Waals surface area contributed by atoms with E-state index in [9.17, 15) is 4.79 Å². The van der Waals surface area contributed by atoms with Gasteiger partial charge in [0.15, 0.2) is 0 Å². The number of hydrogen-bond donors (Lipinski definition) is 0. The summed E-state index contributed by atoms with van der Waals surface area (Å²) in [6, 6.07) is 10.6. The Morgan fingerprint density at radius 1 is 1.14 bits per heavy atom. The summed E-state index contributed by atoms with van der Waals surface area (Å²) in [5.41, 5.74) is 1.40. The molecule has 0 bridgehead atoms. The summed E-state index contributed by atoms with van der Waals surface area (Å²) in [6.45, 7) is 0. The van der Waals surface area contributed by atoms with Gasteiger partial charge in [-0.05, 0) is 30.7 Å². The van der Waals surface area contributed by atoms with E-state index in [4.69, 9.17) is 0 Å². The zero-order chi connectivity index (χ0) is 9.80. The number of carbonyl (C=O) groups excluding carboxylic acids is 1. The van der Waals surface area contributed by atoms with Crippen molar-refractivity contribution >= 4 is 6.29 Å². The first kappa shape index (κ1) is 9.45. The first-order valence-corrected chi connectivity index (χ1v) is 5.40. The van der Waals surface area contributed by atoms with Gasteiger partial charge < -0.3 is 4.79 Å². The number of carbonyl (C=O) groups is 1. The van der Waals surface area contributed by atoms with Crippen LogP contribution in [-0.2, 0) is 4.79 Å². The van der Waals surface area contributed by atoms with Crippen molar-refractivity contribution < 1.29 is 4.79 Å². The highest BCUT2D eigenvalue weighted by molar-refractivity contribution is 5.54. The van der Waals surface area contributed by atoms with E-state index in [2.05, 4.69) is 24.3 Å². The van der Waals surface area contributed by atoms with Crippen molar-refractivity contribution in [1.82, 2.24) is 0 Å². The third-order valence-electron chi connectivity index (χ3n) is 3.18. The molecule has 0 heterocycles. The maximum atomic E-state index is 10.7. The fraction of sp³-hybridized carbons (Fsp3) is 0.462. The number of rotatable bonds is 2. The molecule has 1 unspecified atom stereocenters. The van der Waals surface area contributed by atoms with Crippen molar-refractivity contribution in [2.75, 3.05) is 0 Å². The summed E-state index contributed by atoms with van der Waals surface area (Å²) in [4.78, 5) is 10.7. The first-order chi connectivity index (χ1) is 6.90. The molecule has 2 rings (SSSR count). The third-order valence-corrected chi connectivity index (χ3v) is 3.18. The van der Waals surface area contributed by atoms with Gasteiger partial charge in [0.05, 0.1) is 0 Å². The highest BCUT2D eigenvalue weighted by Gasteiger charge is 2.22. The lowest BCUT2D eigenvalue weighted by Gasteiger charge is -2.26. The Morgan fingerprint density at radius 3 is 2.64 bits per heavy atom. The van der Waals surface area contributed by atoms with Crippen LogP contribution in [0.25, 0.3) is 0 Å². The van der Waals surface area contributed by atoms with Crippen molar-refractivity contribution in [2.45, 2.75) is 31.6 Å². The Hall–Kier alpha value is -1.11. The molecule has 1 heteroatoms. The maximum Gasteiger partial charge on any atom is 0.123 e. The van der Waals surface area contributed by atoms with E-state index in [0.29, 0.717) is 11.8 Å². The summed E-state index contributed by atoms with van der Waals surface area (Å²) in [6.07, 6.45) is 5.72. The average Bonchev–Trinajstić information content (AvgIpc) is 2.30. The van der Waals surface area contributed by atoms with Gasteiger partial charge in [0.2, 0.25) is 0 Å². The Bertz CT molecular complexity index is 291. The third kappa shape index (κ3) is 2.03. The van der Waals surface area contributed by atoms with Gasteiger partial charge in [0, 0.05) is 5.92 Å². The predicted octanol–water partition coefficient (Wildman–Crippen LogP) is 3.16. The maximum absolute atomic E-state index is 10.7. The van der Waals surface area contributed by atoms with Gasteiger partial charge in [-0.15, -0.1) is 0 Å². The quantitative estimate of drug-likeness (QED) is 0.651. The van der Waals surface area contributed by atoms with Gasteiger partial charge >= 0.3 is 0 Å². The summed E-state index contributed by atoms with van der Waals surface area (Å²) < 4.78 is 0. The van der Waals surface area contributed by atoms with Crippen LogP contribution >= 0.6 is 0 Å². The molecule has 14 heavy (non-hydrogen) atoms. The summed E-state index contributed by atoms with van der Waals surface area (Å²) in [5.74, 6) is 0.911. The lowest BCUT2D eigenvalue weighted by atomic mass is 9.79. The molecule has 0 spiro atoms. The second kappa shape index (κ2) is 4.41. The van der Waals surface area contributed by atoms with Crippen LogP contribution in [0.5, 0.6) is 0 Å². The Balaban J connectivity index is 2.08. The highest BCUT2D eigenvalue weighted by atomic mass is 16.1. The number of aldehydes is 1. The van der Waals surface area contributed by atoms with Crippen LogP contribution in [0.4, 0.5) is 0 Å². The summed E-state index contributed by atoms with van der Waals surface area (Å²) >= 11 is 0. The van der Waals surface area contributed by atoms with Crippen LogP contribution in [0, 0.1) is 5.92 Å². The summed E-state index contributed by atoms with van der Waals surface area (Å²) in [7, 11) is 0. The second-order valence-corrected chi connectivity index (χ2v) is 4.17. The molecule has 1 saturated carbocycles. The predicted molar refractivity (Wildman–Crippen MR) is 57.2 cm³/mol. The Morgan fingerprint density at radius 2 is 1.93 bits per heavy atom. The minimum Gasteiger partial charge on any atom is -0.303 e. The van der Waals surface area contributed by atoms with Crippen LogP contribution in [0.1, 0.15) is 37.2 Å². The van der Waals surface area contributed by atoms with Gasteiger partial charge in [0.1, 0.15) is 6.29 Å². The fourth-order valence-corrected chi connectivity index (χ4v) is 2.38. The lowest BCUT2D eigenvalue weighted by molar-refractivity contribution is -0.112. The second-order valence-electron chi connectivity index (χ2n) is 4.17. The molecule has 1 aliphatic carbocycles. The molecule has 1 aromatic rings. The summed E-state index contributed by atoms with van der Waals surface area (Å²) in [5, 5.41) is 0. The molecule has 0 saturated heterocycles. The molecule has 0 radical (unpaired) electrons. The van der Waals surface area contributed by atoms with Crippen molar-refractivity contribution in [2.24, 2.45) is 5.92 Å². The van der Waals surface area contributed by atoms with Gasteiger partial charge in [-0.3, -0.25) is 0 Å². The molecule has 2 atom stereocenters. The van der Waals surface area contributed by atoms with E-state index in [-0.39, 0.29) is 0 Å². The Kier molecular flexibility index (Phi) is 2.97. The molecule has 0 aliphatic heterocycles. The average molecular weight is 188 g/mol. The molecule has 0 aromatic heterocycles. The van der Waals surface area contributed by atoms with Gasteiger partial charge in [-0.25, -0.2) is 0 Å². The smallest absolute Gasteiger partial charge is 0.123 e. The Labute approximate surface area is 85.1 Å². The van der Waals surface area contributed by atoms with E-state index in [1.807, 2.05) is 6.07 Å². The number of hydrogen-bond acceptors (Lipinski definition) is 1. The van der Waals surface area contributed by atoms with E-state index in [1.165, 1.54) is 18.4 Å². The van der Waals surface area contributed by atoms with E-state index < -0.39 is 0 Å². The van der Waals surface area contributed by atoms with Gasteiger partial charge in [0.25, 0.3) is 0 Å². The van der Waals surface area contributed by atoms with Crippen molar-refractivity contribution in [3.8, 4) is 0 Å². The van der Waals surface area contributed by atoms with Crippen LogP contribution in [0.15, 0.2) is 30.3 Å². The SMILES string of the molecule is O=C[C@H]1CCCC(c2ccccc2)C1. The zero-order valence-electron chi connectivity index (χ0n) is 8.36. The minimum absolute atomic E-state index is 0.300. The van der Waals surface area contributed by atoms with Crippen LogP contribution in [-0.4, -0.2) is 6.29 Å². The van der Waals surface area contributed by atoms with Gasteiger partial charge in [-0.2, -0.15) is 0 Å². The van der Waals surface area contributed by atoms with E-state index in [0.717, 1.165) is 19.1 Å². The highest BCUT2D eigenvalue weighted by Crippen LogP contribution is 2.34. The molecular weight excluding hydrogens is 172 g/mol. The standard InChI is InChI=1S/C13H16O/c14-10-11-5-4-8-13(9-11)12-6-2-1-3-7-12/h1-3,6-7,10-11,13H,4-5,8-9H2/t11-,13?/m0/s1. The fourth-order valence-electron chi connectivity index (χ4n) is 2.38. The normalized spacial score (nSPS) is 27.1. The molecule has 1 fully saturated rings. The molecule has 1 nitrogen and oxygen atoms in total. The van der Waals surface area contributed by atoms with E-state index in [1.54, 1.807) is 0 Å². The van der Waals surface area contributed by atoms with Crippen LogP contribution < -0.4 is 0 Å².